The molecule has 0 spiro atoms. The SMILES string of the molecule is OCCCOCC1=CC=CC1. The average Bonchev–Trinajstić information content (AvgIpc) is 2.50. The molecule has 0 saturated carbocycles. The van der Waals surface area contributed by atoms with Gasteiger partial charge in [0.2, 0.25) is 0 Å². The maximum absolute atomic E-state index is 8.45. The van der Waals surface area contributed by atoms with E-state index in [1.165, 1.54) is 5.57 Å². The third-order valence-electron chi connectivity index (χ3n) is 1.58. The summed E-state index contributed by atoms with van der Waals surface area (Å²) in [6.07, 6.45) is 8.01. The molecule has 0 aromatic carbocycles. The molecule has 11 heavy (non-hydrogen) atoms. The molecule has 1 aliphatic rings. The molecule has 0 radical (unpaired) electrons. The van der Waals surface area contributed by atoms with Crippen LogP contribution in [0.5, 0.6) is 0 Å². The highest BCUT2D eigenvalue weighted by atomic mass is 16.5. The van der Waals surface area contributed by atoms with Gasteiger partial charge in [0.15, 0.2) is 0 Å². The van der Waals surface area contributed by atoms with Crippen molar-refractivity contribution in [3.8, 4) is 0 Å². The van der Waals surface area contributed by atoms with Crippen LogP contribution in [0, 0.1) is 0 Å². The number of rotatable bonds is 5. The highest BCUT2D eigenvalue weighted by Gasteiger charge is 1.97. The molecule has 1 rings (SSSR count). The Balaban J connectivity index is 1.95. The first kappa shape index (κ1) is 8.50. The summed E-state index contributed by atoms with van der Waals surface area (Å²) in [6, 6.07) is 0. The third kappa shape index (κ3) is 3.35. The van der Waals surface area contributed by atoms with Crippen molar-refractivity contribution in [2.24, 2.45) is 0 Å². The van der Waals surface area contributed by atoms with E-state index >= 15 is 0 Å². The van der Waals surface area contributed by atoms with Gasteiger partial charge in [0.1, 0.15) is 0 Å². The van der Waals surface area contributed by atoms with Crippen LogP contribution in [-0.2, 0) is 4.74 Å². The third-order valence-corrected chi connectivity index (χ3v) is 1.58. The lowest BCUT2D eigenvalue weighted by Crippen LogP contribution is -2.00. The second kappa shape index (κ2) is 5.10. The molecule has 0 fully saturated rings. The lowest BCUT2D eigenvalue weighted by atomic mass is 10.2. The van der Waals surface area contributed by atoms with Crippen molar-refractivity contribution < 1.29 is 9.84 Å². The number of ether oxygens (including phenoxy) is 1. The summed E-state index contributed by atoms with van der Waals surface area (Å²) in [6.45, 7) is 1.60. The molecule has 0 atom stereocenters. The van der Waals surface area contributed by atoms with Crippen LogP contribution >= 0.6 is 0 Å². The van der Waals surface area contributed by atoms with Crippen molar-refractivity contribution in [2.45, 2.75) is 12.8 Å². The highest BCUT2D eigenvalue weighted by Crippen LogP contribution is 2.09. The summed E-state index contributed by atoms with van der Waals surface area (Å²) in [5.74, 6) is 0. The van der Waals surface area contributed by atoms with Gasteiger partial charge >= 0.3 is 0 Å². The van der Waals surface area contributed by atoms with Gasteiger partial charge in [0, 0.05) is 13.2 Å². The van der Waals surface area contributed by atoms with Crippen LogP contribution in [0.15, 0.2) is 23.8 Å². The lowest BCUT2D eigenvalue weighted by Gasteiger charge is -2.02. The van der Waals surface area contributed by atoms with Gasteiger partial charge < -0.3 is 9.84 Å². The molecule has 1 aliphatic carbocycles. The number of aliphatic hydroxyl groups excluding tert-OH is 1. The summed E-state index contributed by atoms with van der Waals surface area (Å²) in [5, 5.41) is 8.45. The Bertz CT molecular complexity index is 159. The zero-order chi connectivity index (χ0) is 7.94. The summed E-state index contributed by atoms with van der Waals surface area (Å²) < 4.78 is 5.29. The second-order valence-electron chi connectivity index (χ2n) is 2.59. The van der Waals surface area contributed by atoms with E-state index in [0.717, 1.165) is 12.8 Å². The number of hydrogen-bond acceptors (Lipinski definition) is 2. The first-order valence-corrected chi connectivity index (χ1v) is 3.96. The number of hydrogen-bond donors (Lipinski definition) is 1. The first-order chi connectivity index (χ1) is 5.43. The molecule has 2 nitrogen and oxygen atoms in total. The molecule has 62 valence electrons. The van der Waals surface area contributed by atoms with Crippen molar-refractivity contribution in [1.82, 2.24) is 0 Å². The van der Waals surface area contributed by atoms with Crippen molar-refractivity contribution in [1.29, 1.82) is 0 Å². The van der Waals surface area contributed by atoms with E-state index in [1.807, 2.05) is 6.08 Å². The maximum atomic E-state index is 8.45. The van der Waals surface area contributed by atoms with Crippen LogP contribution in [-0.4, -0.2) is 24.9 Å². The van der Waals surface area contributed by atoms with Gasteiger partial charge in [-0.2, -0.15) is 0 Å². The molecule has 0 saturated heterocycles. The Hall–Kier alpha value is -0.600. The van der Waals surface area contributed by atoms with Gasteiger partial charge in [-0.05, 0) is 18.4 Å². The Morgan fingerprint density at radius 2 is 2.45 bits per heavy atom. The molecular formula is C9H14O2. The molecule has 0 heterocycles. The van der Waals surface area contributed by atoms with Gasteiger partial charge in [-0.25, -0.2) is 0 Å². The Morgan fingerprint density at radius 3 is 3.09 bits per heavy atom. The van der Waals surface area contributed by atoms with E-state index in [2.05, 4.69) is 12.2 Å². The highest BCUT2D eigenvalue weighted by molar-refractivity contribution is 5.23. The van der Waals surface area contributed by atoms with Gasteiger partial charge in [-0.1, -0.05) is 18.2 Å². The Labute approximate surface area is 67.2 Å². The van der Waals surface area contributed by atoms with E-state index in [0.29, 0.717) is 13.2 Å². The van der Waals surface area contributed by atoms with Crippen molar-refractivity contribution in [2.75, 3.05) is 19.8 Å². The maximum Gasteiger partial charge on any atom is 0.0682 e. The minimum atomic E-state index is 0.220. The van der Waals surface area contributed by atoms with Crippen LogP contribution in [0.1, 0.15) is 12.8 Å². The quantitative estimate of drug-likeness (QED) is 0.604. The van der Waals surface area contributed by atoms with Crippen LogP contribution in [0.2, 0.25) is 0 Å². The Kier molecular flexibility index (Phi) is 3.94. The van der Waals surface area contributed by atoms with E-state index in [-0.39, 0.29) is 6.61 Å². The molecule has 0 aromatic rings. The number of aliphatic hydroxyl groups is 1. The van der Waals surface area contributed by atoms with Crippen LogP contribution in [0.3, 0.4) is 0 Å². The van der Waals surface area contributed by atoms with E-state index in [9.17, 15) is 0 Å². The monoisotopic (exact) mass is 154 g/mol. The molecule has 0 amide bonds. The van der Waals surface area contributed by atoms with Gasteiger partial charge in [0.25, 0.3) is 0 Å². The Morgan fingerprint density at radius 1 is 1.55 bits per heavy atom. The molecule has 1 N–H and O–H groups in total. The van der Waals surface area contributed by atoms with Crippen LogP contribution < -0.4 is 0 Å². The molecule has 0 aliphatic heterocycles. The summed E-state index contributed by atoms with van der Waals surface area (Å²) in [4.78, 5) is 0. The summed E-state index contributed by atoms with van der Waals surface area (Å²) in [5.41, 5.74) is 1.32. The van der Waals surface area contributed by atoms with Crippen molar-refractivity contribution in [3.05, 3.63) is 23.8 Å². The zero-order valence-corrected chi connectivity index (χ0v) is 6.62. The molecular weight excluding hydrogens is 140 g/mol. The minimum Gasteiger partial charge on any atom is -0.396 e. The molecule has 0 unspecified atom stereocenters. The molecule has 2 heteroatoms. The second-order valence-corrected chi connectivity index (χ2v) is 2.59. The lowest BCUT2D eigenvalue weighted by molar-refractivity contribution is 0.133. The van der Waals surface area contributed by atoms with Crippen LogP contribution in [0.4, 0.5) is 0 Å². The standard InChI is InChI=1S/C9H14O2/c10-6-3-7-11-8-9-4-1-2-5-9/h1-2,4,10H,3,5-8H2. The zero-order valence-electron chi connectivity index (χ0n) is 6.62. The smallest absolute Gasteiger partial charge is 0.0682 e. The minimum absolute atomic E-state index is 0.220. The fourth-order valence-corrected chi connectivity index (χ4v) is 0.968. The van der Waals surface area contributed by atoms with Crippen molar-refractivity contribution in [3.63, 3.8) is 0 Å². The first-order valence-electron chi connectivity index (χ1n) is 3.96. The van der Waals surface area contributed by atoms with E-state index in [4.69, 9.17) is 9.84 Å². The number of allylic oxidation sites excluding steroid dienone is 3. The summed E-state index contributed by atoms with van der Waals surface area (Å²) in [7, 11) is 0. The van der Waals surface area contributed by atoms with Gasteiger partial charge in [-0.3, -0.25) is 0 Å². The van der Waals surface area contributed by atoms with E-state index < -0.39 is 0 Å². The molecule has 0 aromatic heterocycles. The normalized spacial score (nSPS) is 15.5. The predicted octanol–water partition coefficient (Wildman–Crippen LogP) is 1.27. The fraction of sp³-hybridized carbons (Fsp3) is 0.556. The average molecular weight is 154 g/mol. The topological polar surface area (TPSA) is 29.5 Å². The van der Waals surface area contributed by atoms with E-state index in [1.54, 1.807) is 0 Å². The van der Waals surface area contributed by atoms with Crippen LogP contribution in [0.25, 0.3) is 0 Å². The summed E-state index contributed by atoms with van der Waals surface area (Å²) >= 11 is 0. The van der Waals surface area contributed by atoms with Crippen molar-refractivity contribution >= 4 is 0 Å². The molecule has 0 bridgehead atoms. The van der Waals surface area contributed by atoms with Gasteiger partial charge in [0.05, 0.1) is 6.61 Å². The largest absolute Gasteiger partial charge is 0.396 e. The fourth-order valence-electron chi connectivity index (χ4n) is 0.968. The predicted molar refractivity (Wildman–Crippen MR) is 44.4 cm³/mol. The van der Waals surface area contributed by atoms with Gasteiger partial charge in [-0.15, -0.1) is 0 Å².